The highest BCUT2D eigenvalue weighted by Gasteiger charge is 2.29. The lowest BCUT2D eigenvalue weighted by molar-refractivity contribution is 0.0672. The quantitative estimate of drug-likeness (QED) is 0.868. The van der Waals surface area contributed by atoms with Gasteiger partial charge in [-0.3, -0.25) is 4.79 Å². The lowest BCUT2D eigenvalue weighted by Crippen LogP contribution is -2.37. The van der Waals surface area contributed by atoms with Gasteiger partial charge in [0.25, 0.3) is 5.91 Å². The van der Waals surface area contributed by atoms with Crippen LogP contribution in [0, 0.1) is 5.82 Å². The van der Waals surface area contributed by atoms with Crippen molar-refractivity contribution < 1.29 is 14.3 Å². The van der Waals surface area contributed by atoms with Gasteiger partial charge in [0.15, 0.2) is 0 Å². The van der Waals surface area contributed by atoms with E-state index in [1.807, 2.05) is 0 Å². The van der Waals surface area contributed by atoms with E-state index >= 15 is 0 Å². The van der Waals surface area contributed by atoms with Crippen molar-refractivity contribution in [3.05, 3.63) is 35.8 Å². The number of nitrogens with one attached hydrogen (secondary N) is 1. The molecular formula is C14H15FN2O2. The molecule has 1 atom stereocenters. The number of carbonyl (C=O) groups is 1. The van der Waals surface area contributed by atoms with Crippen LogP contribution < -0.4 is 0 Å². The van der Waals surface area contributed by atoms with Gasteiger partial charge in [-0.05, 0) is 37.1 Å². The molecule has 0 spiro atoms. The summed E-state index contributed by atoms with van der Waals surface area (Å²) in [5, 5.41) is 9.94. The first-order valence-electron chi connectivity index (χ1n) is 6.39. The second kappa shape index (κ2) is 4.66. The number of amides is 1. The van der Waals surface area contributed by atoms with Gasteiger partial charge in [-0.2, -0.15) is 0 Å². The van der Waals surface area contributed by atoms with Crippen molar-refractivity contribution in [2.45, 2.75) is 18.9 Å². The number of H-pyrrole nitrogens is 1. The van der Waals surface area contributed by atoms with Gasteiger partial charge in [-0.1, -0.05) is 0 Å². The number of benzene rings is 1. The maximum absolute atomic E-state index is 13.1. The fraction of sp³-hybridized carbons (Fsp3) is 0.357. The standard InChI is InChI=1S/C14H15FN2O2/c15-10-3-4-12-9(6-10)7-13(16-12)14(19)17-5-1-2-11(17)8-18/h3-4,6-7,11,16,18H,1-2,5,8H2/t11-/m0/s1. The summed E-state index contributed by atoms with van der Waals surface area (Å²) >= 11 is 0. The Kier molecular flexibility index (Phi) is 2.98. The minimum atomic E-state index is -0.320. The van der Waals surface area contributed by atoms with Crippen molar-refractivity contribution in [1.82, 2.24) is 9.88 Å². The summed E-state index contributed by atoms with van der Waals surface area (Å²) < 4.78 is 13.1. The van der Waals surface area contributed by atoms with E-state index in [-0.39, 0.29) is 24.4 Å². The first-order chi connectivity index (χ1) is 9.19. The van der Waals surface area contributed by atoms with Crippen LogP contribution in [0.3, 0.4) is 0 Å². The van der Waals surface area contributed by atoms with E-state index in [9.17, 15) is 14.3 Å². The molecule has 0 aliphatic carbocycles. The predicted octanol–water partition coefficient (Wildman–Crippen LogP) is 1.90. The Morgan fingerprint density at radius 3 is 3.11 bits per heavy atom. The number of fused-ring (bicyclic) bond motifs is 1. The molecular weight excluding hydrogens is 247 g/mol. The lowest BCUT2D eigenvalue weighted by atomic mass is 10.2. The Morgan fingerprint density at radius 2 is 2.32 bits per heavy atom. The summed E-state index contributed by atoms with van der Waals surface area (Å²) in [4.78, 5) is 17.0. The van der Waals surface area contributed by atoms with Crippen LogP contribution in [-0.2, 0) is 0 Å². The number of aliphatic hydroxyl groups excluding tert-OH is 1. The number of aliphatic hydroxyl groups is 1. The van der Waals surface area contributed by atoms with Crippen LogP contribution in [0.5, 0.6) is 0 Å². The molecule has 0 saturated carbocycles. The molecule has 0 radical (unpaired) electrons. The number of hydrogen-bond acceptors (Lipinski definition) is 2. The maximum Gasteiger partial charge on any atom is 0.270 e. The number of carbonyl (C=O) groups excluding carboxylic acids is 1. The predicted molar refractivity (Wildman–Crippen MR) is 69.4 cm³/mol. The maximum atomic E-state index is 13.1. The fourth-order valence-corrected chi connectivity index (χ4v) is 2.67. The summed E-state index contributed by atoms with van der Waals surface area (Å²) in [7, 11) is 0. The highest BCUT2D eigenvalue weighted by Crippen LogP contribution is 2.22. The molecule has 0 bridgehead atoms. The first kappa shape index (κ1) is 12.2. The van der Waals surface area contributed by atoms with Gasteiger partial charge in [-0.15, -0.1) is 0 Å². The Hall–Kier alpha value is -1.88. The zero-order valence-corrected chi connectivity index (χ0v) is 10.4. The summed E-state index contributed by atoms with van der Waals surface area (Å²) in [6.45, 7) is 0.647. The number of hydrogen-bond donors (Lipinski definition) is 2. The van der Waals surface area contributed by atoms with E-state index < -0.39 is 0 Å². The number of aromatic nitrogens is 1. The number of likely N-dealkylation sites (tertiary alicyclic amines) is 1. The van der Waals surface area contributed by atoms with E-state index in [1.165, 1.54) is 12.1 Å². The average Bonchev–Trinajstić information content (AvgIpc) is 3.03. The van der Waals surface area contributed by atoms with E-state index in [0.29, 0.717) is 17.6 Å². The van der Waals surface area contributed by atoms with Gasteiger partial charge in [0.1, 0.15) is 11.5 Å². The van der Waals surface area contributed by atoms with Crippen molar-refractivity contribution >= 4 is 16.8 Å². The van der Waals surface area contributed by atoms with Gasteiger partial charge >= 0.3 is 0 Å². The van der Waals surface area contributed by atoms with E-state index in [2.05, 4.69) is 4.98 Å². The molecule has 1 aromatic heterocycles. The molecule has 1 aliphatic rings. The molecule has 2 N–H and O–H groups in total. The molecule has 4 nitrogen and oxygen atoms in total. The number of nitrogens with zero attached hydrogens (tertiary/aromatic N) is 1. The molecule has 1 aliphatic heterocycles. The van der Waals surface area contributed by atoms with Gasteiger partial charge in [0, 0.05) is 17.4 Å². The van der Waals surface area contributed by atoms with Crippen LogP contribution in [-0.4, -0.2) is 40.1 Å². The fourth-order valence-electron chi connectivity index (χ4n) is 2.67. The SMILES string of the molecule is O=C(c1cc2cc(F)ccc2[nH]1)N1CCC[C@H]1CO. The van der Waals surface area contributed by atoms with E-state index in [4.69, 9.17) is 0 Å². The van der Waals surface area contributed by atoms with Crippen LogP contribution in [0.25, 0.3) is 10.9 Å². The minimum Gasteiger partial charge on any atom is -0.394 e. The molecule has 1 saturated heterocycles. The van der Waals surface area contributed by atoms with Crippen LogP contribution in [0.15, 0.2) is 24.3 Å². The Morgan fingerprint density at radius 1 is 1.47 bits per heavy atom. The summed E-state index contributed by atoms with van der Waals surface area (Å²) in [6, 6.07) is 5.94. The third-order valence-electron chi connectivity index (χ3n) is 3.66. The summed E-state index contributed by atoms with van der Waals surface area (Å²) in [6.07, 6.45) is 1.74. The Bertz CT molecular complexity index is 623. The number of aromatic amines is 1. The highest BCUT2D eigenvalue weighted by molar-refractivity contribution is 5.98. The first-order valence-corrected chi connectivity index (χ1v) is 6.39. The van der Waals surface area contributed by atoms with Crippen LogP contribution in [0.2, 0.25) is 0 Å². The molecule has 3 rings (SSSR count). The van der Waals surface area contributed by atoms with Crippen molar-refractivity contribution in [1.29, 1.82) is 0 Å². The largest absolute Gasteiger partial charge is 0.394 e. The molecule has 2 aromatic rings. The molecule has 5 heteroatoms. The monoisotopic (exact) mass is 262 g/mol. The number of rotatable bonds is 2. The van der Waals surface area contributed by atoms with Gasteiger partial charge in [-0.25, -0.2) is 4.39 Å². The van der Waals surface area contributed by atoms with Crippen LogP contribution in [0.4, 0.5) is 4.39 Å². The van der Waals surface area contributed by atoms with Crippen LogP contribution in [0.1, 0.15) is 23.3 Å². The second-order valence-electron chi connectivity index (χ2n) is 4.89. The smallest absolute Gasteiger partial charge is 0.270 e. The minimum absolute atomic E-state index is 0.0133. The van der Waals surface area contributed by atoms with Gasteiger partial charge in [0.05, 0.1) is 12.6 Å². The molecule has 100 valence electrons. The van der Waals surface area contributed by atoms with Crippen molar-refractivity contribution in [3.8, 4) is 0 Å². The van der Waals surface area contributed by atoms with E-state index in [1.54, 1.807) is 17.0 Å². The van der Waals surface area contributed by atoms with Crippen molar-refractivity contribution in [3.63, 3.8) is 0 Å². The van der Waals surface area contributed by atoms with Gasteiger partial charge in [0.2, 0.25) is 0 Å². The summed E-state index contributed by atoms with van der Waals surface area (Å²) in [5.74, 6) is -0.451. The summed E-state index contributed by atoms with van der Waals surface area (Å²) in [5.41, 5.74) is 1.19. The second-order valence-corrected chi connectivity index (χ2v) is 4.89. The Labute approximate surface area is 109 Å². The normalized spacial score (nSPS) is 19.3. The topological polar surface area (TPSA) is 56.3 Å². The number of halogens is 1. The molecule has 0 unspecified atom stereocenters. The molecule has 1 amide bonds. The Balaban J connectivity index is 1.93. The zero-order valence-electron chi connectivity index (χ0n) is 10.4. The van der Waals surface area contributed by atoms with Crippen molar-refractivity contribution in [2.75, 3.05) is 13.2 Å². The molecule has 19 heavy (non-hydrogen) atoms. The van der Waals surface area contributed by atoms with Crippen LogP contribution >= 0.6 is 0 Å². The third kappa shape index (κ3) is 2.10. The average molecular weight is 262 g/mol. The highest BCUT2D eigenvalue weighted by atomic mass is 19.1. The molecule has 2 heterocycles. The molecule has 1 fully saturated rings. The van der Waals surface area contributed by atoms with Gasteiger partial charge < -0.3 is 15.0 Å². The lowest BCUT2D eigenvalue weighted by Gasteiger charge is -2.22. The van der Waals surface area contributed by atoms with E-state index in [0.717, 1.165) is 18.4 Å². The zero-order chi connectivity index (χ0) is 13.4. The third-order valence-corrected chi connectivity index (χ3v) is 3.66. The van der Waals surface area contributed by atoms with Crippen molar-refractivity contribution in [2.24, 2.45) is 0 Å². The molecule has 1 aromatic carbocycles.